The Morgan fingerprint density at radius 3 is 1.40 bits per heavy atom. The number of hydrogen-bond donors (Lipinski definition) is 0. The van der Waals surface area contributed by atoms with Crippen LogP contribution >= 0.6 is 0 Å². The molecule has 1 aromatic heterocycles. The van der Waals surface area contributed by atoms with Crippen molar-refractivity contribution in [1.82, 2.24) is 9.55 Å². The molecule has 240 valence electrons. The van der Waals surface area contributed by atoms with Crippen LogP contribution in [0, 0.1) is 0 Å². The number of aryl methyl sites for hydroxylation is 4. The van der Waals surface area contributed by atoms with E-state index in [1.165, 1.54) is 178 Å². The number of unbranched alkanes of at least 4 members (excludes halogenated alkanes) is 22. The van der Waals surface area contributed by atoms with E-state index in [2.05, 4.69) is 54.9 Å². The van der Waals surface area contributed by atoms with E-state index < -0.39 is 0 Å². The van der Waals surface area contributed by atoms with E-state index in [1.54, 1.807) is 0 Å². The van der Waals surface area contributed by atoms with Crippen molar-refractivity contribution in [1.29, 1.82) is 0 Å². The molecule has 0 bridgehead atoms. The number of imidazole rings is 1. The normalized spacial score (nSPS) is 11.5. The van der Waals surface area contributed by atoms with Gasteiger partial charge in [-0.15, -0.1) is 0 Å². The Labute approximate surface area is 262 Å². The molecular formula is C40H70N2. The summed E-state index contributed by atoms with van der Waals surface area (Å²) in [7, 11) is 0. The summed E-state index contributed by atoms with van der Waals surface area (Å²) in [6, 6.07) is 10.9. The predicted octanol–water partition coefficient (Wildman–Crippen LogP) is 13.0. The smallest absolute Gasteiger partial charge is 0.108 e. The number of rotatable bonds is 30. The molecule has 0 saturated carbocycles. The van der Waals surface area contributed by atoms with Gasteiger partial charge in [-0.2, -0.15) is 0 Å². The second-order valence-electron chi connectivity index (χ2n) is 13.2. The Balaban J connectivity index is 1.60. The predicted molar refractivity (Wildman–Crippen MR) is 187 cm³/mol. The Kier molecular flexibility index (Phi) is 23.6. The fourth-order valence-corrected chi connectivity index (χ4v) is 6.39. The summed E-state index contributed by atoms with van der Waals surface area (Å²) in [6.45, 7) is 5.77. The van der Waals surface area contributed by atoms with Crippen LogP contribution in [0.4, 0.5) is 0 Å². The third kappa shape index (κ3) is 19.6. The van der Waals surface area contributed by atoms with Crippen LogP contribution in [0.15, 0.2) is 36.5 Å². The lowest BCUT2D eigenvalue weighted by Gasteiger charge is -2.08. The summed E-state index contributed by atoms with van der Waals surface area (Å²) in [6.07, 6.45) is 41.0. The third-order valence-electron chi connectivity index (χ3n) is 9.16. The molecule has 0 unspecified atom stereocenters. The molecule has 0 aliphatic carbocycles. The highest BCUT2D eigenvalue weighted by atomic mass is 15.1. The van der Waals surface area contributed by atoms with Crippen LogP contribution in [0.1, 0.15) is 191 Å². The average Bonchev–Trinajstić information content (AvgIpc) is 3.40. The molecule has 1 heterocycles. The molecule has 0 N–H and O–H groups in total. The molecule has 42 heavy (non-hydrogen) atoms. The highest BCUT2D eigenvalue weighted by Crippen LogP contribution is 2.17. The van der Waals surface area contributed by atoms with Crippen molar-refractivity contribution >= 4 is 0 Å². The largest absolute Gasteiger partial charge is 0.335 e. The van der Waals surface area contributed by atoms with Crippen LogP contribution in [0.3, 0.4) is 0 Å². The van der Waals surface area contributed by atoms with Gasteiger partial charge in [-0.05, 0) is 37.7 Å². The molecule has 2 heteroatoms. The van der Waals surface area contributed by atoms with Gasteiger partial charge in [0, 0.05) is 19.2 Å². The van der Waals surface area contributed by atoms with Crippen LogP contribution in [-0.4, -0.2) is 9.55 Å². The van der Waals surface area contributed by atoms with Crippen molar-refractivity contribution in [2.75, 3.05) is 0 Å². The number of hydrogen-bond acceptors (Lipinski definition) is 1. The van der Waals surface area contributed by atoms with E-state index in [0.29, 0.717) is 0 Å². The minimum atomic E-state index is 1.10. The molecule has 0 saturated heterocycles. The second-order valence-corrected chi connectivity index (χ2v) is 13.2. The van der Waals surface area contributed by atoms with Gasteiger partial charge in [-0.1, -0.05) is 185 Å². The number of aromatic nitrogens is 2. The van der Waals surface area contributed by atoms with Crippen LogP contribution in [-0.2, 0) is 25.8 Å². The van der Waals surface area contributed by atoms with E-state index in [4.69, 9.17) is 4.98 Å². The molecule has 2 aromatic rings. The van der Waals surface area contributed by atoms with Gasteiger partial charge >= 0.3 is 0 Å². The standard InChI is InChI=1S/C40H70N2/c1-3-5-7-9-11-13-14-15-16-17-18-19-21-23-28-35-40-41-39(34-30-33-38-31-26-25-27-32-38)37-42(40)36-29-24-22-20-12-10-8-6-4-2/h25-27,31-32,37H,3-24,28-30,33-36H2,1-2H3. The van der Waals surface area contributed by atoms with Gasteiger partial charge in [0.25, 0.3) is 0 Å². The molecule has 0 amide bonds. The summed E-state index contributed by atoms with van der Waals surface area (Å²) < 4.78 is 2.53. The summed E-state index contributed by atoms with van der Waals surface area (Å²) in [4.78, 5) is 5.16. The zero-order chi connectivity index (χ0) is 29.8. The summed E-state index contributed by atoms with van der Waals surface area (Å²) in [5, 5.41) is 0. The zero-order valence-electron chi connectivity index (χ0n) is 28.4. The van der Waals surface area contributed by atoms with Gasteiger partial charge in [0.05, 0.1) is 5.69 Å². The lowest BCUT2D eigenvalue weighted by Crippen LogP contribution is -2.03. The van der Waals surface area contributed by atoms with E-state index in [9.17, 15) is 0 Å². The molecule has 0 atom stereocenters. The minimum Gasteiger partial charge on any atom is -0.335 e. The first-order valence-corrected chi connectivity index (χ1v) is 18.9. The van der Waals surface area contributed by atoms with Crippen molar-refractivity contribution in [3.8, 4) is 0 Å². The molecule has 0 fully saturated rings. The van der Waals surface area contributed by atoms with Crippen LogP contribution in [0.5, 0.6) is 0 Å². The highest BCUT2D eigenvalue weighted by Gasteiger charge is 2.09. The SMILES string of the molecule is CCCCCCCCCCCCCCCCCc1nc(CCCc2ccccc2)cn1CCCCCCCCCCC. The fourth-order valence-electron chi connectivity index (χ4n) is 6.39. The molecular weight excluding hydrogens is 508 g/mol. The van der Waals surface area contributed by atoms with E-state index in [1.807, 2.05) is 0 Å². The maximum absolute atomic E-state index is 5.16. The number of nitrogens with zero attached hydrogens (tertiary/aromatic N) is 2. The van der Waals surface area contributed by atoms with Crippen molar-refractivity contribution in [3.05, 3.63) is 53.6 Å². The van der Waals surface area contributed by atoms with Gasteiger partial charge in [0.2, 0.25) is 0 Å². The van der Waals surface area contributed by atoms with Crippen LogP contribution in [0.25, 0.3) is 0 Å². The number of benzene rings is 1. The first kappa shape index (κ1) is 36.6. The lowest BCUT2D eigenvalue weighted by atomic mass is 10.0. The fraction of sp³-hybridized carbons (Fsp3) is 0.775. The topological polar surface area (TPSA) is 17.8 Å². The quantitative estimate of drug-likeness (QED) is 0.0843. The average molecular weight is 579 g/mol. The van der Waals surface area contributed by atoms with E-state index >= 15 is 0 Å². The van der Waals surface area contributed by atoms with Gasteiger partial charge in [0.1, 0.15) is 5.82 Å². The monoisotopic (exact) mass is 579 g/mol. The first-order chi connectivity index (χ1) is 20.8. The van der Waals surface area contributed by atoms with E-state index in [0.717, 1.165) is 25.8 Å². The molecule has 0 aliphatic rings. The minimum absolute atomic E-state index is 1.10. The summed E-state index contributed by atoms with van der Waals surface area (Å²) in [5.74, 6) is 1.36. The first-order valence-electron chi connectivity index (χ1n) is 18.9. The molecule has 0 aliphatic heterocycles. The molecule has 2 rings (SSSR count). The Hall–Kier alpha value is -1.57. The third-order valence-corrected chi connectivity index (χ3v) is 9.16. The van der Waals surface area contributed by atoms with Crippen molar-refractivity contribution < 1.29 is 0 Å². The Bertz CT molecular complexity index is 823. The van der Waals surface area contributed by atoms with Gasteiger partial charge in [0.15, 0.2) is 0 Å². The zero-order valence-corrected chi connectivity index (χ0v) is 28.4. The van der Waals surface area contributed by atoms with E-state index in [-0.39, 0.29) is 0 Å². The molecule has 0 radical (unpaired) electrons. The summed E-state index contributed by atoms with van der Waals surface area (Å²) >= 11 is 0. The lowest BCUT2D eigenvalue weighted by molar-refractivity contribution is 0.520. The van der Waals surface area contributed by atoms with Crippen molar-refractivity contribution in [2.24, 2.45) is 0 Å². The Morgan fingerprint density at radius 1 is 0.452 bits per heavy atom. The van der Waals surface area contributed by atoms with Crippen LogP contribution in [0.2, 0.25) is 0 Å². The Morgan fingerprint density at radius 2 is 0.905 bits per heavy atom. The molecule has 1 aromatic carbocycles. The van der Waals surface area contributed by atoms with Gasteiger partial charge in [-0.25, -0.2) is 4.98 Å². The maximum atomic E-state index is 5.16. The van der Waals surface area contributed by atoms with Crippen molar-refractivity contribution in [3.63, 3.8) is 0 Å². The highest BCUT2D eigenvalue weighted by molar-refractivity contribution is 5.15. The summed E-state index contributed by atoms with van der Waals surface area (Å²) in [5.41, 5.74) is 2.77. The maximum Gasteiger partial charge on any atom is 0.108 e. The molecule has 2 nitrogen and oxygen atoms in total. The van der Waals surface area contributed by atoms with Crippen LogP contribution < -0.4 is 0 Å². The second kappa shape index (κ2) is 27.0. The van der Waals surface area contributed by atoms with Gasteiger partial charge in [-0.3, -0.25) is 0 Å². The van der Waals surface area contributed by atoms with Gasteiger partial charge < -0.3 is 4.57 Å². The molecule has 0 spiro atoms. The van der Waals surface area contributed by atoms with Crippen molar-refractivity contribution in [2.45, 2.75) is 200 Å².